The molecular weight excluding hydrogens is 261 g/mol. The van der Waals surface area contributed by atoms with Gasteiger partial charge in [0.25, 0.3) is 0 Å². The Labute approximate surface area is 109 Å². The molecule has 0 spiro atoms. The van der Waals surface area contributed by atoms with Gasteiger partial charge in [-0.3, -0.25) is 0 Å². The normalized spacial score (nSPS) is 12.8. The van der Waals surface area contributed by atoms with Gasteiger partial charge < -0.3 is 5.73 Å². The number of benzene rings is 1. The summed E-state index contributed by atoms with van der Waals surface area (Å²) < 4.78 is 0. The van der Waals surface area contributed by atoms with Gasteiger partial charge in [-0.05, 0) is 35.6 Å². The van der Waals surface area contributed by atoms with Crippen LogP contribution in [0.3, 0.4) is 0 Å². The predicted molar refractivity (Wildman–Crippen MR) is 71.5 cm³/mol. The van der Waals surface area contributed by atoms with Crippen LogP contribution in [0, 0.1) is 6.92 Å². The summed E-state index contributed by atoms with van der Waals surface area (Å²) in [5, 5.41) is 3.39. The number of hydrogen-bond acceptors (Lipinski definition) is 2. The second-order valence-electron chi connectivity index (χ2n) is 3.62. The largest absolute Gasteiger partial charge is 0.320 e. The first-order chi connectivity index (χ1) is 7.59. The lowest BCUT2D eigenvalue weighted by atomic mass is 10.0. The van der Waals surface area contributed by atoms with E-state index in [4.69, 9.17) is 28.9 Å². The highest BCUT2D eigenvalue weighted by Crippen LogP contribution is 2.32. The molecule has 0 amide bonds. The molecule has 1 aromatic heterocycles. The van der Waals surface area contributed by atoms with Gasteiger partial charge in [0.05, 0.1) is 11.1 Å². The lowest BCUT2D eigenvalue weighted by molar-refractivity contribution is 0.893. The van der Waals surface area contributed by atoms with Crippen molar-refractivity contribution in [1.29, 1.82) is 0 Å². The molecule has 1 nitrogen and oxygen atoms in total. The highest BCUT2D eigenvalue weighted by molar-refractivity contribution is 7.10. The Balaban J connectivity index is 2.38. The zero-order valence-electron chi connectivity index (χ0n) is 8.71. The highest BCUT2D eigenvalue weighted by Gasteiger charge is 2.14. The molecule has 0 saturated carbocycles. The minimum absolute atomic E-state index is 0.203. The molecular formula is C12H11Cl2NS. The SMILES string of the molecule is Cc1ccc(C(N)c2sccc2Cl)cc1Cl. The predicted octanol–water partition coefficient (Wildman–Crippen LogP) is 4.41. The molecule has 0 fully saturated rings. The van der Waals surface area contributed by atoms with Crippen LogP contribution in [0.4, 0.5) is 0 Å². The minimum Gasteiger partial charge on any atom is -0.320 e. The van der Waals surface area contributed by atoms with E-state index in [1.807, 2.05) is 36.6 Å². The van der Waals surface area contributed by atoms with E-state index < -0.39 is 0 Å². The molecule has 0 saturated heterocycles. The summed E-state index contributed by atoms with van der Waals surface area (Å²) in [6.07, 6.45) is 0. The summed E-state index contributed by atoms with van der Waals surface area (Å²) >= 11 is 13.7. The lowest BCUT2D eigenvalue weighted by Crippen LogP contribution is -2.10. The van der Waals surface area contributed by atoms with Crippen molar-refractivity contribution < 1.29 is 0 Å². The third-order valence-corrected chi connectivity index (χ3v) is 4.33. The molecule has 1 heterocycles. The number of nitrogens with two attached hydrogens (primary N) is 1. The van der Waals surface area contributed by atoms with Crippen molar-refractivity contribution in [3.05, 3.63) is 55.7 Å². The average Bonchev–Trinajstić information content (AvgIpc) is 2.67. The van der Waals surface area contributed by atoms with Crippen LogP contribution in [0.2, 0.25) is 10.0 Å². The maximum Gasteiger partial charge on any atom is 0.0661 e. The molecule has 2 aromatic rings. The molecule has 84 valence electrons. The summed E-state index contributed by atoms with van der Waals surface area (Å²) in [5.41, 5.74) is 8.18. The van der Waals surface area contributed by atoms with Crippen molar-refractivity contribution >= 4 is 34.5 Å². The number of thiophene rings is 1. The van der Waals surface area contributed by atoms with E-state index >= 15 is 0 Å². The summed E-state index contributed by atoms with van der Waals surface area (Å²) in [4.78, 5) is 0.974. The van der Waals surface area contributed by atoms with Crippen LogP contribution in [0.15, 0.2) is 29.6 Å². The van der Waals surface area contributed by atoms with Gasteiger partial charge in [-0.1, -0.05) is 35.3 Å². The first-order valence-electron chi connectivity index (χ1n) is 4.84. The fourth-order valence-corrected chi connectivity index (χ4v) is 2.87. The summed E-state index contributed by atoms with van der Waals surface area (Å²) in [6.45, 7) is 1.97. The quantitative estimate of drug-likeness (QED) is 0.860. The maximum absolute atomic E-state index is 6.15. The van der Waals surface area contributed by atoms with E-state index in [2.05, 4.69) is 0 Å². The molecule has 0 aliphatic heterocycles. The number of rotatable bonds is 2. The van der Waals surface area contributed by atoms with E-state index in [9.17, 15) is 0 Å². The van der Waals surface area contributed by atoms with E-state index in [-0.39, 0.29) is 6.04 Å². The van der Waals surface area contributed by atoms with Crippen LogP contribution in [-0.2, 0) is 0 Å². The van der Waals surface area contributed by atoms with Crippen LogP contribution >= 0.6 is 34.5 Å². The second-order valence-corrected chi connectivity index (χ2v) is 5.38. The van der Waals surface area contributed by atoms with Crippen LogP contribution in [0.5, 0.6) is 0 Å². The van der Waals surface area contributed by atoms with Crippen molar-refractivity contribution in [2.75, 3.05) is 0 Å². The smallest absolute Gasteiger partial charge is 0.0661 e. The van der Waals surface area contributed by atoms with Crippen molar-refractivity contribution in [1.82, 2.24) is 0 Å². The molecule has 2 rings (SSSR count). The molecule has 1 unspecified atom stereocenters. The van der Waals surface area contributed by atoms with Gasteiger partial charge in [-0.25, -0.2) is 0 Å². The van der Waals surface area contributed by atoms with Crippen molar-refractivity contribution in [3.63, 3.8) is 0 Å². The standard InChI is InChI=1S/C12H11Cl2NS/c1-7-2-3-8(6-10(7)14)11(15)12-9(13)4-5-16-12/h2-6,11H,15H2,1H3. The van der Waals surface area contributed by atoms with Gasteiger partial charge in [0.2, 0.25) is 0 Å². The molecule has 0 aliphatic rings. The average molecular weight is 272 g/mol. The molecule has 2 N–H and O–H groups in total. The molecule has 0 bridgehead atoms. The fraction of sp³-hybridized carbons (Fsp3) is 0.167. The zero-order chi connectivity index (χ0) is 11.7. The van der Waals surface area contributed by atoms with Gasteiger partial charge >= 0.3 is 0 Å². The monoisotopic (exact) mass is 271 g/mol. The molecule has 16 heavy (non-hydrogen) atoms. The molecule has 0 aliphatic carbocycles. The van der Waals surface area contributed by atoms with Crippen molar-refractivity contribution in [3.8, 4) is 0 Å². The maximum atomic E-state index is 6.15. The Morgan fingerprint density at radius 2 is 1.94 bits per heavy atom. The summed E-state index contributed by atoms with van der Waals surface area (Å²) in [6, 6.07) is 7.51. The molecule has 0 radical (unpaired) electrons. The molecule has 4 heteroatoms. The Bertz CT molecular complexity index is 507. The zero-order valence-corrected chi connectivity index (χ0v) is 11.0. The fourth-order valence-electron chi connectivity index (χ4n) is 1.48. The minimum atomic E-state index is -0.203. The van der Waals surface area contributed by atoms with Crippen molar-refractivity contribution in [2.45, 2.75) is 13.0 Å². The van der Waals surface area contributed by atoms with Gasteiger partial charge in [0.15, 0.2) is 0 Å². The van der Waals surface area contributed by atoms with Gasteiger partial charge in [0, 0.05) is 9.90 Å². The molecule has 1 aromatic carbocycles. The number of hydrogen-bond donors (Lipinski definition) is 1. The Morgan fingerprint density at radius 1 is 1.19 bits per heavy atom. The lowest BCUT2D eigenvalue weighted by Gasteiger charge is -2.12. The van der Waals surface area contributed by atoms with Crippen LogP contribution in [-0.4, -0.2) is 0 Å². The first-order valence-corrected chi connectivity index (χ1v) is 6.47. The third kappa shape index (κ3) is 2.25. The van der Waals surface area contributed by atoms with Gasteiger partial charge in [-0.15, -0.1) is 11.3 Å². The van der Waals surface area contributed by atoms with Gasteiger partial charge in [0.1, 0.15) is 0 Å². The summed E-state index contributed by atoms with van der Waals surface area (Å²) in [5.74, 6) is 0. The molecule has 1 atom stereocenters. The van der Waals surface area contributed by atoms with Crippen LogP contribution < -0.4 is 5.73 Å². The highest BCUT2D eigenvalue weighted by atomic mass is 35.5. The third-order valence-electron chi connectivity index (χ3n) is 2.48. The van der Waals surface area contributed by atoms with Gasteiger partial charge in [-0.2, -0.15) is 0 Å². The van der Waals surface area contributed by atoms with E-state index in [0.717, 1.165) is 21.0 Å². The van der Waals surface area contributed by atoms with E-state index in [1.165, 1.54) is 0 Å². The topological polar surface area (TPSA) is 26.0 Å². The first kappa shape index (κ1) is 11.9. The van der Waals surface area contributed by atoms with Crippen LogP contribution in [0.1, 0.15) is 22.0 Å². The van der Waals surface area contributed by atoms with E-state index in [1.54, 1.807) is 11.3 Å². The van der Waals surface area contributed by atoms with Crippen LogP contribution in [0.25, 0.3) is 0 Å². The number of halogens is 2. The number of aryl methyl sites for hydroxylation is 1. The Morgan fingerprint density at radius 3 is 2.50 bits per heavy atom. The summed E-state index contributed by atoms with van der Waals surface area (Å²) in [7, 11) is 0. The second kappa shape index (κ2) is 4.76. The van der Waals surface area contributed by atoms with Crippen molar-refractivity contribution in [2.24, 2.45) is 5.73 Å². The van der Waals surface area contributed by atoms with E-state index in [0.29, 0.717) is 5.02 Å². The Hall–Kier alpha value is -0.540. The Kier molecular flexibility index (Phi) is 3.55.